The van der Waals surface area contributed by atoms with Gasteiger partial charge in [0.05, 0.1) is 5.02 Å². The zero-order valence-corrected chi connectivity index (χ0v) is 7.02. The lowest BCUT2D eigenvalue weighted by Crippen LogP contribution is -2.03. The third kappa shape index (κ3) is 1.61. The van der Waals surface area contributed by atoms with E-state index in [2.05, 4.69) is 4.98 Å². The zero-order valence-electron chi connectivity index (χ0n) is 6.26. The molecule has 0 spiro atoms. The first-order valence-electron chi connectivity index (χ1n) is 3.26. The van der Waals surface area contributed by atoms with Crippen LogP contribution in [0.4, 0.5) is 5.82 Å². The first-order chi connectivity index (χ1) is 5.15. The van der Waals surface area contributed by atoms with Crippen molar-refractivity contribution in [1.82, 2.24) is 4.98 Å². The van der Waals surface area contributed by atoms with Gasteiger partial charge in [0.15, 0.2) is 0 Å². The Morgan fingerprint density at radius 1 is 1.64 bits per heavy atom. The van der Waals surface area contributed by atoms with Gasteiger partial charge in [0.2, 0.25) is 0 Å². The van der Waals surface area contributed by atoms with Gasteiger partial charge in [-0.15, -0.1) is 0 Å². The molecule has 0 aliphatic heterocycles. The highest BCUT2D eigenvalue weighted by atomic mass is 35.5. The van der Waals surface area contributed by atoms with Gasteiger partial charge in [-0.1, -0.05) is 11.6 Å². The molecular weight excluding hydrogens is 162 g/mol. The summed E-state index contributed by atoms with van der Waals surface area (Å²) in [4.78, 5) is 4.02. The fourth-order valence-corrected chi connectivity index (χ4v) is 1.25. The van der Waals surface area contributed by atoms with Crippen molar-refractivity contribution in [3.63, 3.8) is 0 Å². The summed E-state index contributed by atoms with van der Waals surface area (Å²) in [6, 6.07) is 1.61. The van der Waals surface area contributed by atoms with Crippen molar-refractivity contribution in [2.75, 3.05) is 5.73 Å². The van der Waals surface area contributed by atoms with E-state index in [0.29, 0.717) is 17.4 Å². The first kappa shape index (κ1) is 8.30. The Morgan fingerprint density at radius 3 is 2.73 bits per heavy atom. The number of halogens is 1. The highest BCUT2D eigenvalue weighted by Crippen LogP contribution is 2.19. The van der Waals surface area contributed by atoms with Gasteiger partial charge >= 0.3 is 0 Å². The number of aryl methyl sites for hydroxylation is 1. The van der Waals surface area contributed by atoms with Gasteiger partial charge in [-0.2, -0.15) is 0 Å². The second kappa shape index (κ2) is 3.07. The van der Waals surface area contributed by atoms with Crippen molar-refractivity contribution >= 4 is 17.4 Å². The molecule has 0 atom stereocenters. The average molecular weight is 172 g/mol. The highest BCUT2D eigenvalue weighted by molar-refractivity contribution is 6.31. The number of aromatic nitrogens is 1. The van der Waals surface area contributed by atoms with E-state index >= 15 is 0 Å². The van der Waals surface area contributed by atoms with Crippen molar-refractivity contribution in [2.24, 2.45) is 5.73 Å². The summed E-state index contributed by atoms with van der Waals surface area (Å²) >= 11 is 5.83. The lowest BCUT2D eigenvalue weighted by molar-refractivity contribution is 1.01. The predicted molar refractivity (Wildman–Crippen MR) is 46.3 cm³/mol. The number of nitrogens with zero attached hydrogens (tertiary/aromatic N) is 1. The number of hydrogen-bond acceptors (Lipinski definition) is 3. The second-order valence-electron chi connectivity index (χ2n) is 2.30. The van der Waals surface area contributed by atoms with Gasteiger partial charge in [-0.3, -0.25) is 0 Å². The normalized spacial score (nSPS) is 10.1. The Morgan fingerprint density at radius 2 is 2.27 bits per heavy atom. The number of hydrogen-bond donors (Lipinski definition) is 2. The van der Waals surface area contributed by atoms with Crippen LogP contribution in [0, 0.1) is 6.92 Å². The molecular formula is C7H10ClN3. The molecule has 1 aromatic heterocycles. The molecule has 0 saturated heterocycles. The van der Waals surface area contributed by atoms with Crippen molar-refractivity contribution < 1.29 is 0 Å². The fourth-order valence-electron chi connectivity index (χ4n) is 0.928. The molecule has 0 unspecified atom stereocenters. The van der Waals surface area contributed by atoms with E-state index in [-0.39, 0.29) is 0 Å². The van der Waals surface area contributed by atoms with Crippen LogP contribution in [-0.2, 0) is 6.54 Å². The topological polar surface area (TPSA) is 64.9 Å². The molecule has 4 N–H and O–H groups in total. The van der Waals surface area contributed by atoms with Crippen molar-refractivity contribution in [3.8, 4) is 0 Å². The fraction of sp³-hybridized carbons (Fsp3) is 0.286. The van der Waals surface area contributed by atoms with Crippen LogP contribution in [0.15, 0.2) is 6.07 Å². The molecule has 0 aliphatic rings. The van der Waals surface area contributed by atoms with Crippen LogP contribution in [-0.4, -0.2) is 4.98 Å². The minimum atomic E-state index is 0.401. The van der Waals surface area contributed by atoms with Crippen LogP contribution in [0.2, 0.25) is 5.02 Å². The molecule has 1 rings (SSSR count). The zero-order chi connectivity index (χ0) is 8.43. The van der Waals surface area contributed by atoms with E-state index < -0.39 is 0 Å². The molecule has 0 aliphatic carbocycles. The molecule has 0 fully saturated rings. The molecule has 0 radical (unpaired) electrons. The van der Waals surface area contributed by atoms with Gasteiger partial charge in [0.25, 0.3) is 0 Å². The predicted octanol–water partition coefficient (Wildman–Crippen LogP) is 1.08. The van der Waals surface area contributed by atoms with Crippen LogP contribution in [0.3, 0.4) is 0 Å². The molecule has 60 valence electrons. The molecule has 4 heteroatoms. The number of pyridine rings is 1. The SMILES string of the molecule is Cc1nc(N)cc(Cl)c1CN. The molecule has 1 heterocycles. The Balaban J connectivity index is 3.25. The molecule has 3 nitrogen and oxygen atoms in total. The standard InChI is InChI=1S/C7H10ClN3/c1-4-5(3-9)6(8)2-7(10)11-4/h2H,3,9H2,1H3,(H2,10,11). The summed E-state index contributed by atoms with van der Waals surface area (Å²) in [7, 11) is 0. The van der Waals surface area contributed by atoms with Gasteiger partial charge in [0, 0.05) is 17.8 Å². The summed E-state index contributed by atoms with van der Waals surface area (Å²) in [6.07, 6.45) is 0. The second-order valence-corrected chi connectivity index (χ2v) is 2.70. The monoisotopic (exact) mass is 171 g/mol. The van der Waals surface area contributed by atoms with Crippen molar-refractivity contribution in [1.29, 1.82) is 0 Å². The number of rotatable bonds is 1. The average Bonchev–Trinajstić information content (AvgIpc) is 1.85. The summed E-state index contributed by atoms with van der Waals surface area (Å²) in [5.41, 5.74) is 12.5. The van der Waals surface area contributed by atoms with E-state index in [1.807, 2.05) is 6.92 Å². The van der Waals surface area contributed by atoms with E-state index in [0.717, 1.165) is 11.3 Å². The maximum absolute atomic E-state index is 5.83. The lowest BCUT2D eigenvalue weighted by atomic mass is 10.2. The first-order valence-corrected chi connectivity index (χ1v) is 3.64. The molecule has 0 saturated carbocycles. The Hall–Kier alpha value is -0.800. The van der Waals surface area contributed by atoms with Crippen LogP contribution in [0.5, 0.6) is 0 Å². The van der Waals surface area contributed by atoms with Gasteiger partial charge < -0.3 is 11.5 Å². The van der Waals surface area contributed by atoms with Crippen LogP contribution >= 0.6 is 11.6 Å². The molecule has 0 amide bonds. The van der Waals surface area contributed by atoms with Crippen LogP contribution in [0.1, 0.15) is 11.3 Å². The molecule has 11 heavy (non-hydrogen) atoms. The van der Waals surface area contributed by atoms with Crippen molar-refractivity contribution in [3.05, 3.63) is 22.3 Å². The smallest absolute Gasteiger partial charge is 0.125 e. The number of nitrogens with two attached hydrogens (primary N) is 2. The molecule has 0 bridgehead atoms. The van der Waals surface area contributed by atoms with Crippen LogP contribution in [0.25, 0.3) is 0 Å². The largest absolute Gasteiger partial charge is 0.384 e. The van der Waals surface area contributed by atoms with E-state index in [4.69, 9.17) is 23.1 Å². The third-order valence-corrected chi connectivity index (χ3v) is 1.84. The Labute approximate surface area is 70.4 Å². The van der Waals surface area contributed by atoms with Crippen LogP contribution < -0.4 is 11.5 Å². The van der Waals surface area contributed by atoms with Gasteiger partial charge in [-0.05, 0) is 13.0 Å². The maximum atomic E-state index is 5.83. The summed E-state index contributed by atoms with van der Waals surface area (Å²) < 4.78 is 0. The highest BCUT2D eigenvalue weighted by Gasteiger charge is 2.03. The van der Waals surface area contributed by atoms with Crippen molar-refractivity contribution in [2.45, 2.75) is 13.5 Å². The maximum Gasteiger partial charge on any atom is 0.125 e. The minimum absolute atomic E-state index is 0.401. The Bertz CT molecular complexity index is 249. The number of nitrogen functional groups attached to an aromatic ring is 1. The lowest BCUT2D eigenvalue weighted by Gasteiger charge is -2.04. The summed E-state index contributed by atoms with van der Waals surface area (Å²) in [6.45, 7) is 2.24. The summed E-state index contributed by atoms with van der Waals surface area (Å²) in [5, 5.41) is 0.595. The van der Waals surface area contributed by atoms with E-state index in [9.17, 15) is 0 Å². The van der Waals surface area contributed by atoms with Gasteiger partial charge in [0.1, 0.15) is 5.82 Å². The Kier molecular flexibility index (Phi) is 2.31. The van der Waals surface area contributed by atoms with E-state index in [1.165, 1.54) is 0 Å². The number of anilines is 1. The third-order valence-electron chi connectivity index (χ3n) is 1.50. The minimum Gasteiger partial charge on any atom is -0.384 e. The molecule has 0 aromatic carbocycles. The quantitative estimate of drug-likeness (QED) is 0.665. The van der Waals surface area contributed by atoms with E-state index in [1.54, 1.807) is 6.07 Å². The molecule has 1 aromatic rings. The summed E-state index contributed by atoms with van der Waals surface area (Å²) in [5.74, 6) is 0.435. The van der Waals surface area contributed by atoms with Gasteiger partial charge in [-0.25, -0.2) is 4.98 Å².